The summed E-state index contributed by atoms with van der Waals surface area (Å²) in [6.07, 6.45) is 0. The zero-order valence-corrected chi connectivity index (χ0v) is 12.7. The molecule has 106 valence electrons. The number of aromatic nitrogens is 2. The molecule has 3 rings (SSSR count). The Kier molecular flexibility index (Phi) is 3.35. The van der Waals surface area contributed by atoms with Crippen LogP contribution in [0.25, 0.3) is 10.8 Å². The van der Waals surface area contributed by atoms with E-state index in [1.165, 1.54) is 5.39 Å². The van der Waals surface area contributed by atoms with Crippen molar-refractivity contribution in [2.24, 2.45) is 12.8 Å². The van der Waals surface area contributed by atoms with Gasteiger partial charge in [0.15, 0.2) is 0 Å². The van der Waals surface area contributed by atoms with Gasteiger partial charge in [-0.2, -0.15) is 5.10 Å². The maximum absolute atomic E-state index is 5.83. The lowest BCUT2D eigenvalue weighted by molar-refractivity contribution is 0.765. The van der Waals surface area contributed by atoms with Crippen LogP contribution in [0.1, 0.15) is 11.3 Å². The van der Waals surface area contributed by atoms with E-state index in [9.17, 15) is 0 Å². The Labute approximate surface area is 128 Å². The molecule has 1 aromatic heterocycles. The zero-order valence-electron chi connectivity index (χ0n) is 11.9. The molecule has 1 heterocycles. The lowest BCUT2D eigenvalue weighted by atomic mass is 10.1. The number of hydrogen-bond donors (Lipinski definition) is 2. The Morgan fingerprint density at radius 3 is 2.67 bits per heavy atom. The SMILES string of the molecule is Cc1nn(C)c(Nc2cccc3ccccc23)c1C(N)=S. The standard InChI is InChI=1S/C16H16N4S/c1-10-14(15(17)21)16(20(2)19-10)18-13-9-5-7-11-6-3-4-8-12(11)13/h3-9,18H,1-2H3,(H2,17,21). The first kappa shape index (κ1) is 13.6. The van der Waals surface area contributed by atoms with Crippen LogP contribution in [0.2, 0.25) is 0 Å². The van der Waals surface area contributed by atoms with Gasteiger partial charge in [-0.05, 0) is 18.4 Å². The van der Waals surface area contributed by atoms with Gasteiger partial charge in [0, 0.05) is 18.1 Å². The molecule has 0 fully saturated rings. The average molecular weight is 296 g/mol. The second kappa shape index (κ2) is 5.18. The normalized spacial score (nSPS) is 10.8. The molecule has 0 spiro atoms. The van der Waals surface area contributed by atoms with Gasteiger partial charge in [0.1, 0.15) is 10.8 Å². The molecule has 4 nitrogen and oxygen atoms in total. The molecule has 0 amide bonds. The minimum absolute atomic E-state index is 0.350. The second-order valence-corrected chi connectivity index (χ2v) is 5.39. The number of thiocarbonyl (C=S) groups is 1. The summed E-state index contributed by atoms with van der Waals surface area (Å²) in [5.74, 6) is 0.816. The fourth-order valence-electron chi connectivity index (χ4n) is 2.56. The van der Waals surface area contributed by atoms with Gasteiger partial charge in [0.05, 0.1) is 11.3 Å². The molecule has 0 aliphatic heterocycles. The van der Waals surface area contributed by atoms with Crippen molar-refractivity contribution >= 4 is 39.5 Å². The van der Waals surface area contributed by atoms with E-state index in [0.29, 0.717) is 4.99 Å². The highest BCUT2D eigenvalue weighted by Crippen LogP contribution is 2.28. The van der Waals surface area contributed by atoms with Gasteiger partial charge < -0.3 is 11.1 Å². The average Bonchev–Trinajstić information content (AvgIpc) is 2.73. The molecular formula is C16H16N4S. The van der Waals surface area contributed by atoms with Crippen molar-refractivity contribution in [3.8, 4) is 0 Å². The van der Waals surface area contributed by atoms with E-state index in [4.69, 9.17) is 18.0 Å². The number of nitrogens with one attached hydrogen (secondary N) is 1. The van der Waals surface area contributed by atoms with Crippen molar-refractivity contribution in [1.82, 2.24) is 9.78 Å². The minimum Gasteiger partial charge on any atom is -0.389 e. The molecule has 5 heteroatoms. The fourth-order valence-corrected chi connectivity index (χ4v) is 2.80. The maximum Gasteiger partial charge on any atom is 0.138 e. The number of nitrogens with zero attached hydrogens (tertiary/aromatic N) is 2. The highest BCUT2D eigenvalue weighted by molar-refractivity contribution is 7.80. The minimum atomic E-state index is 0.350. The smallest absolute Gasteiger partial charge is 0.138 e. The summed E-state index contributed by atoms with van der Waals surface area (Å²) in [6, 6.07) is 14.4. The summed E-state index contributed by atoms with van der Waals surface area (Å²) in [5, 5.41) is 10.1. The topological polar surface area (TPSA) is 55.9 Å². The van der Waals surface area contributed by atoms with E-state index in [1.54, 1.807) is 4.68 Å². The lowest BCUT2D eigenvalue weighted by Crippen LogP contribution is -2.13. The Bertz CT molecular complexity index is 830. The van der Waals surface area contributed by atoms with E-state index in [-0.39, 0.29) is 0 Å². The van der Waals surface area contributed by atoms with E-state index in [1.807, 2.05) is 38.2 Å². The molecule has 0 unspecified atom stereocenters. The van der Waals surface area contributed by atoms with Crippen LogP contribution in [0.5, 0.6) is 0 Å². The van der Waals surface area contributed by atoms with Crippen molar-refractivity contribution in [2.75, 3.05) is 5.32 Å². The predicted molar refractivity (Wildman–Crippen MR) is 91.1 cm³/mol. The van der Waals surface area contributed by atoms with Crippen LogP contribution >= 0.6 is 12.2 Å². The van der Waals surface area contributed by atoms with E-state index < -0.39 is 0 Å². The summed E-state index contributed by atoms with van der Waals surface area (Å²) in [6.45, 7) is 1.91. The van der Waals surface area contributed by atoms with Crippen molar-refractivity contribution < 1.29 is 0 Å². The highest BCUT2D eigenvalue weighted by Gasteiger charge is 2.16. The van der Waals surface area contributed by atoms with Gasteiger partial charge in [-0.25, -0.2) is 0 Å². The van der Waals surface area contributed by atoms with E-state index in [0.717, 1.165) is 28.1 Å². The second-order valence-electron chi connectivity index (χ2n) is 4.95. The first-order chi connectivity index (χ1) is 10.1. The molecule has 21 heavy (non-hydrogen) atoms. The van der Waals surface area contributed by atoms with Crippen molar-refractivity contribution in [3.05, 3.63) is 53.7 Å². The number of aryl methyl sites for hydroxylation is 2. The van der Waals surface area contributed by atoms with Crippen LogP contribution in [0.3, 0.4) is 0 Å². The first-order valence-electron chi connectivity index (χ1n) is 6.66. The first-order valence-corrected chi connectivity index (χ1v) is 7.07. The number of nitrogens with two attached hydrogens (primary N) is 1. The summed E-state index contributed by atoms with van der Waals surface area (Å²) in [4.78, 5) is 0.350. The Hall–Kier alpha value is -2.40. The van der Waals surface area contributed by atoms with Crippen LogP contribution in [0, 0.1) is 6.92 Å². The molecule has 2 aromatic carbocycles. The van der Waals surface area contributed by atoms with Crippen molar-refractivity contribution in [3.63, 3.8) is 0 Å². The van der Waals surface area contributed by atoms with Gasteiger partial charge in [0.25, 0.3) is 0 Å². The van der Waals surface area contributed by atoms with Gasteiger partial charge >= 0.3 is 0 Å². The van der Waals surface area contributed by atoms with Gasteiger partial charge in [-0.15, -0.1) is 0 Å². The third-order valence-electron chi connectivity index (χ3n) is 3.51. The van der Waals surface area contributed by atoms with Crippen LogP contribution in [-0.2, 0) is 7.05 Å². The number of anilines is 2. The van der Waals surface area contributed by atoms with E-state index in [2.05, 4.69) is 28.6 Å². The molecule has 0 saturated carbocycles. The van der Waals surface area contributed by atoms with E-state index >= 15 is 0 Å². The number of hydrogen-bond acceptors (Lipinski definition) is 3. The largest absolute Gasteiger partial charge is 0.389 e. The molecule has 0 bridgehead atoms. The van der Waals surface area contributed by atoms with Gasteiger partial charge in [-0.1, -0.05) is 48.6 Å². The van der Waals surface area contributed by atoms with Crippen LogP contribution in [0.4, 0.5) is 11.5 Å². The quantitative estimate of drug-likeness (QED) is 0.728. The summed E-state index contributed by atoms with van der Waals surface area (Å²) >= 11 is 5.15. The van der Waals surface area contributed by atoms with Crippen molar-refractivity contribution in [2.45, 2.75) is 6.92 Å². The Balaban J connectivity index is 2.14. The summed E-state index contributed by atoms with van der Waals surface area (Å²) in [7, 11) is 1.88. The molecule has 3 aromatic rings. The van der Waals surface area contributed by atoms with Gasteiger partial charge in [0.2, 0.25) is 0 Å². The molecule has 0 atom stereocenters. The van der Waals surface area contributed by atoms with Crippen LogP contribution in [0.15, 0.2) is 42.5 Å². The zero-order chi connectivity index (χ0) is 15.0. The number of rotatable bonds is 3. The Morgan fingerprint density at radius 1 is 1.19 bits per heavy atom. The summed E-state index contributed by atoms with van der Waals surface area (Å²) in [5.41, 5.74) is 8.46. The summed E-state index contributed by atoms with van der Waals surface area (Å²) < 4.78 is 1.77. The lowest BCUT2D eigenvalue weighted by Gasteiger charge is -2.11. The monoisotopic (exact) mass is 296 g/mol. The van der Waals surface area contributed by atoms with Gasteiger partial charge in [-0.3, -0.25) is 4.68 Å². The fraction of sp³-hybridized carbons (Fsp3) is 0.125. The number of benzene rings is 2. The molecule has 0 radical (unpaired) electrons. The maximum atomic E-state index is 5.83. The predicted octanol–water partition coefficient (Wildman–Crippen LogP) is 3.26. The molecule has 0 saturated heterocycles. The molecule has 0 aliphatic rings. The highest BCUT2D eigenvalue weighted by atomic mass is 32.1. The Morgan fingerprint density at radius 2 is 1.90 bits per heavy atom. The number of fused-ring (bicyclic) bond motifs is 1. The van der Waals surface area contributed by atoms with Crippen LogP contribution < -0.4 is 11.1 Å². The molecular weight excluding hydrogens is 280 g/mol. The third-order valence-corrected chi connectivity index (χ3v) is 3.72. The molecule has 0 aliphatic carbocycles. The third kappa shape index (κ3) is 2.36. The van der Waals surface area contributed by atoms with Crippen LogP contribution in [-0.4, -0.2) is 14.8 Å². The molecule has 3 N–H and O–H groups in total. The van der Waals surface area contributed by atoms with Crippen molar-refractivity contribution in [1.29, 1.82) is 0 Å².